The van der Waals surface area contributed by atoms with Crippen LogP contribution < -0.4 is 0 Å². The quantitative estimate of drug-likeness (QED) is 0.220. The van der Waals surface area contributed by atoms with Crippen molar-refractivity contribution in [3.8, 4) is 0 Å². The second kappa shape index (κ2) is 25.5. The van der Waals surface area contributed by atoms with Gasteiger partial charge in [-0.05, 0) is 73.2 Å². The minimum Gasteiger partial charge on any atom is -0.394 e. The fraction of sp³-hybridized carbons (Fsp3) is 0.760. The monoisotopic (exact) mass is 538 g/mol. The number of methoxy groups -OCH3 is 2. The van der Waals surface area contributed by atoms with E-state index >= 15 is 0 Å². The van der Waals surface area contributed by atoms with Gasteiger partial charge in [0, 0.05) is 20.8 Å². The van der Waals surface area contributed by atoms with E-state index in [1.54, 1.807) is 38.5 Å². The van der Waals surface area contributed by atoms with E-state index in [4.69, 9.17) is 23.5 Å². The van der Waals surface area contributed by atoms with Crippen molar-refractivity contribution in [1.29, 1.82) is 0 Å². The molecule has 0 spiro atoms. The number of aliphatic hydroxyl groups is 1. The van der Waals surface area contributed by atoms with E-state index in [1.165, 1.54) is 0 Å². The van der Waals surface area contributed by atoms with Gasteiger partial charge in [0.25, 0.3) is 10.1 Å². The number of aliphatic hydroxyl groups excluding tert-OH is 1. The molecule has 214 valence electrons. The first kappa shape index (κ1) is 37.0. The van der Waals surface area contributed by atoms with E-state index < -0.39 is 10.1 Å². The van der Waals surface area contributed by atoms with Crippen molar-refractivity contribution in [2.45, 2.75) is 24.7 Å². The Bertz CT molecular complexity index is 680. The smallest absolute Gasteiger partial charge is 0.296 e. The molecule has 0 bridgehead atoms. The molecule has 0 aromatic heterocycles. The molecule has 0 unspecified atom stereocenters. The SMILES string of the molecule is COCCOCCCN(C)C.COCCOCCO.Cc1ccc(S(=O)(=O)OCCCN(C)C)cc1. The highest BCUT2D eigenvalue weighted by molar-refractivity contribution is 7.86. The van der Waals surface area contributed by atoms with Gasteiger partial charge in [0.1, 0.15) is 0 Å². The van der Waals surface area contributed by atoms with Gasteiger partial charge in [0.2, 0.25) is 0 Å². The van der Waals surface area contributed by atoms with E-state index in [-0.39, 0.29) is 18.1 Å². The normalized spacial score (nSPS) is 11.2. The number of rotatable bonds is 18. The molecule has 0 fully saturated rings. The van der Waals surface area contributed by atoms with Gasteiger partial charge < -0.3 is 33.9 Å². The molecule has 0 aliphatic rings. The van der Waals surface area contributed by atoms with Crippen LogP contribution in [0.5, 0.6) is 0 Å². The Morgan fingerprint density at radius 2 is 1.19 bits per heavy atom. The van der Waals surface area contributed by atoms with Crippen molar-refractivity contribution in [3.63, 3.8) is 0 Å². The summed E-state index contributed by atoms with van der Waals surface area (Å²) in [6.07, 6.45) is 1.79. The number of aryl methyl sites for hydroxylation is 1. The highest BCUT2D eigenvalue weighted by Crippen LogP contribution is 2.13. The zero-order chi connectivity index (χ0) is 27.7. The summed E-state index contributed by atoms with van der Waals surface area (Å²) in [5.41, 5.74) is 1.02. The molecule has 0 atom stereocenters. The molecule has 0 saturated heterocycles. The summed E-state index contributed by atoms with van der Waals surface area (Å²) in [7, 11) is 7.71. The third-order valence-electron chi connectivity index (χ3n) is 4.29. The first-order chi connectivity index (χ1) is 17.1. The molecule has 1 N–H and O–H groups in total. The van der Waals surface area contributed by atoms with Gasteiger partial charge in [-0.15, -0.1) is 0 Å². The molecule has 0 aliphatic carbocycles. The molecular weight excluding hydrogens is 488 g/mol. The van der Waals surface area contributed by atoms with Crippen LogP contribution in [0.1, 0.15) is 18.4 Å². The molecule has 0 heterocycles. The fourth-order valence-corrected chi connectivity index (χ4v) is 3.30. The summed E-state index contributed by atoms with van der Waals surface area (Å²) in [5.74, 6) is 0. The summed E-state index contributed by atoms with van der Waals surface area (Å²) in [5, 5.41) is 8.20. The topological polar surface area (TPSA) is 107 Å². The molecule has 36 heavy (non-hydrogen) atoms. The lowest BCUT2D eigenvalue weighted by Crippen LogP contribution is -2.16. The third-order valence-corrected chi connectivity index (χ3v) is 5.62. The zero-order valence-corrected chi connectivity index (χ0v) is 24.2. The summed E-state index contributed by atoms with van der Waals surface area (Å²) < 4.78 is 48.1. The maximum Gasteiger partial charge on any atom is 0.296 e. The van der Waals surface area contributed by atoms with Crippen LogP contribution >= 0.6 is 0 Å². The highest BCUT2D eigenvalue weighted by atomic mass is 32.2. The van der Waals surface area contributed by atoms with E-state index in [0.29, 0.717) is 39.5 Å². The van der Waals surface area contributed by atoms with Gasteiger partial charge in [-0.3, -0.25) is 4.18 Å². The van der Waals surface area contributed by atoms with Crippen molar-refractivity contribution in [1.82, 2.24) is 9.80 Å². The van der Waals surface area contributed by atoms with Gasteiger partial charge in [-0.2, -0.15) is 8.42 Å². The Kier molecular flexibility index (Phi) is 26.2. The van der Waals surface area contributed by atoms with Crippen molar-refractivity contribution >= 4 is 10.1 Å². The van der Waals surface area contributed by atoms with E-state index in [1.807, 2.05) is 25.9 Å². The lowest BCUT2D eigenvalue weighted by Gasteiger charge is -2.09. The summed E-state index contributed by atoms with van der Waals surface area (Å²) in [4.78, 5) is 4.36. The van der Waals surface area contributed by atoms with Crippen LogP contribution in [-0.2, 0) is 33.2 Å². The molecule has 10 nitrogen and oxygen atoms in total. The molecule has 0 amide bonds. The van der Waals surface area contributed by atoms with Crippen molar-refractivity contribution in [2.24, 2.45) is 0 Å². The minimum atomic E-state index is -3.59. The lowest BCUT2D eigenvalue weighted by molar-refractivity contribution is 0.0500. The molecule has 0 aliphatic heterocycles. The molecule has 11 heteroatoms. The predicted molar refractivity (Wildman–Crippen MR) is 143 cm³/mol. The van der Waals surface area contributed by atoms with Crippen molar-refractivity contribution in [2.75, 3.05) is 108 Å². The Hall–Kier alpha value is -1.15. The first-order valence-electron chi connectivity index (χ1n) is 12.1. The third kappa shape index (κ3) is 25.9. The number of hydrogen-bond acceptors (Lipinski definition) is 10. The average molecular weight is 539 g/mol. The molecule has 1 aromatic rings. The molecule has 0 saturated carbocycles. The van der Waals surface area contributed by atoms with Crippen LogP contribution in [-0.4, -0.2) is 132 Å². The fourth-order valence-electron chi connectivity index (χ4n) is 2.36. The van der Waals surface area contributed by atoms with E-state index in [0.717, 1.165) is 31.7 Å². The van der Waals surface area contributed by atoms with Gasteiger partial charge in [0.15, 0.2) is 0 Å². The Morgan fingerprint density at radius 1 is 0.722 bits per heavy atom. The maximum atomic E-state index is 11.8. The van der Waals surface area contributed by atoms with Crippen LogP contribution in [0.4, 0.5) is 0 Å². The van der Waals surface area contributed by atoms with Crippen LogP contribution in [0.2, 0.25) is 0 Å². The number of benzene rings is 1. The lowest BCUT2D eigenvalue weighted by atomic mass is 10.2. The predicted octanol–water partition coefficient (Wildman–Crippen LogP) is 1.89. The summed E-state index contributed by atoms with van der Waals surface area (Å²) in [6, 6.07) is 6.65. The van der Waals surface area contributed by atoms with Crippen molar-refractivity contribution in [3.05, 3.63) is 29.8 Å². The van der Waals surface area contributed by atoms with Gasteiger partial charge in [-0.1, -0.05) is 17.7 Å². The van der Waals surface area contributed by atoms with Crippen molar-refractivity contribution < 1.29 is 36.7 Å². The second-order valence-corrected chi connectivity index (χ2v) is 9.95. The largest absolute Gasteiger partial charge is 0.394 e. The second-order valence-electron chi connectivity index (χ2n) is 8.34. The molecule has 0 radical (unpaired) electrons. The summed E-state index contributed by atoms with van der Waals surface area (Å²) >= 11 is 0. The van der Waals surface area contributed by atoms with Crippen LogP contribution in [0.25, 0.3) is 0 Å². The maximum absolute atomic E-state index is 11.8. The standard InChI is InChI=1S/C12H19NO3S.C8H19NO2.C5H12O3/c1-11-5-7-12(8-6-11)17(14,15)16-10-4-9-13(2)3;1-9(2)5-4-6-11-8-7-10-3;1-7-4-5-8-3-2-6/h5-8H,4,9-10H2,1-3H3;4-8H2,1-3H3;6H,2-5H2,1H3. The molecule has 1 rings (SSSR count). The highest BCUT2D eigenvalue weighted by Gasteiger charge is 2.14. The van der Waals surface area contributed by atoms with Gasteiger partial charge in [-0.25, -0.2) is 0 Å². The Balaban J connectivity index is 0. The van der Waals surface area contributed by atoms with E-state index in [2.05, 4.69) is 23.7 Å². The van der Waals surface area contributed by atoms with E-state index in [9.17, 15) is 8.42 Å². The number of nitrogens with zero attached hydrogens (tertiary/aromatic N) is 2. The van der Waals surface area contributed by atoms with Gasteiger partial charge >= 0.3 is 0 Å². The Morgan fingerprint density at radius 3 is 1.64 bits per heavy atom. The minimum absolute atomic E-state index is 0.0870. The zero-order valence-electron chi connectivity index (χ0n) is 23.4. The Labute approximate surface area is 219 Å². The number of ether oxygens (including phenoxy) is 4. The van der Waals surface area contributed by atoms with Crippen LogP contribution in [0, 0.1) is 6.92 Å². The average Bonchev–Trinajstić information content (AvgIpc) is 2.83. The summed E-state index contributed by atoms with van der Waals surface area (Å²) in [6.45, 7) is 7.93. The van der Waals surface area contributed by atoms with Gasteiger partial charge in [0.05, 0.1) is 51.1 Å². The van der Waals surface area contributed by atoms with Crippen LogP contribution in [0.15, 0.2) is 29.2 Å². The molecule has 1 aromatic carbocycles. The molecular formula is C25H50N2O8S. The number of hydrogen-bond donors (Lipinski definition) is 1. The first-order valence-corrected chi connectivity index (χ1v) is 13.5. The van der Waals surface area contributed by atoms with Crippen LogP contribution in [0.3, 0.4) is 0 Å².